The molecule has 0 saturated carbocycles. The van der Waals surface area contributed by atoms with Gasteiger partial charge in [0.25, 0.3) is 0 Å². The maximum atomic E-state index is 5.72. The SMILES string of the molecule is CCc1cnc(CNC(=NC)N(C)CCOc2ccccc2)s1. The number of guanidine groups is 1. The van der Waals surface area contributed by atoms with Crippen LogP contribution in [0.5, 0.6) is 5.75 Å². The van der Waals surface area contributed by atoms with Crippen LogP contribution in [0.2, 0.25) is 0 Å². The molecule has 6 heteroatoms. The topological polar surface area (TPSA) is 49.8 Å². The van der Waals surface area contributed by atoms with Crippen LogP contribution in [-0.2, 0) is 13.0 Å². The average molecular weight is 332 g/mol. The van der Waals surface area contributed by atoms with Gasteiger partial charge in [0.15, 0.2) is 5.96 Å². The maximum Gasteiger partial charge on any atom is 0.193 e. The Bertz CT molecular complexity index is 612. The summed E-state index contributed by atoms with van der Waals surface area (Å²) in [7, 11) is 3.79. The molecule has 2 aromatic rings. The smallest absolute Gasteiger partial charge is 0.193 e. The Morgan fingerprint density at radius 2 is 2.13 bits per heavy atom. The summed E-state index contributed by atoms with van der Waals surface area (Å²) in [6.07, 6.45) is 2.98. The van der Waals surface area contributed by atoms with Crippen molar-refractivity contribution in [1.82, 2.24) is 15.2 Å². The van der Waals surface area contributed by atoms with Crippen molar-refractivity contribution < 1.29 is 4.74 Å². The molecule has 0 bridgehead atoms. The minimum absolute atomic E-state index is 0.610. The predicted molar refractivity (Wildman–Crippen MR) is 96.3 cm³/mol. The number of nitrogens with zero attached hydrogens (tertiary/aromatic N) is 3. The minimum Gasteiger partial charge on any atom is -0.492 e. The molecule has 0 spiro atoms. The van der Waals surface area contributed by atoms with Gasteiger partial charge in [-0.1, -0.05) is 25.1 Å². The van der Waals surface area contributed by atoms with E-state index in [9.17, 15) is 0 Å². The van der Waals surface area contributed by atoms with Gasteiger partial charge in [-0.15, -0.1) is 11.3 Å². The van der Waals surface area contributed by atoms with Crippen LogP contribution in [0.4, 0.5) is 0 Å². The molecule has 1 N–H and O–H groups in total. The third-order valence-electron chi connectivity index (χ3n) is 3.36. The molecule has 1 aromatic heterocycles. The van der Waals surface area contributed by atoms with E-state index in [1.54, 1.807) is 18.4 Å². The highest BCUT2D eigenvalue weighted by atomic mass is 32.1. The standard InChI is InChI=1S/C17H24N4OS/c1-4-15-12-19-16(23-15)13-20-17(18-2)21(3)10-11-22-14-8-6-5-7-9-14/h5-9,12H,4,10-11,13H2,1-3H3,(H,18,20). The summed E-state index contributed by atoms with van der Waals surface area (Å²) in [6.45, 7) is 4.20. The van der Waals surface area contributed by atoms with Gasteiger partial charge in [-0.2, -0.15) is 0 Å². The van der Waals surface area contributed by atoms with Crippen LogP contribution in [0, 0.1) is 0 Å². The third-order valence-corrected chi connectivity index (χ3v) is 4.50. The van der Waals surface area contributed by atoms with Gasteiger partial charge in [-0.25, -0.2) is 4.98 Å². The fourth-order valence-corrected chi connectivity index (χ4v) is 2.86. The van der Waals surface area contributed by atoms with Gasteiger partial charge >= 0.3 is 0 Å². The van der Waals surface area contributed by atoms with E-state index in [0.717, 1.165) is 29.7 Å². The molecule has 1 aromatic carbocycles. The highest BCUT2D eigenvalue weighted by Gasteiger charge is 2.07. The summed E-state index contributed by atoms with van der Waals surface area (Å²) < 4.78 is 5.72. The van der Waals surface area contributed by atoms with Crippen molar-refractivity contribution in [2.75, 3.05) is 27.2 Å². The molecule has 2 rings (SSSR count). The first-order valence-corrected chi connectivity index (χ1v) is 8.57. The van der Waals surface area contributed by atoms with E-state index in [4.69, 9.17) is 4.74 Å². The Hall–Kier alpha value is -2.08. The fourth-order valence-electron chi connectivity index (χ4n) is 2.06. The van der Waals surface area contributed by atoms with Crippen molar-refractivity contribution in [2.24, 2.45) is 4.99 Å². The average Bonchev–Trinajstić information content (AvgIpc) is 3.04. The number of nitrogens with one attached hydrogen (secondary N) is 1. The molecular formula is C17H24N4OS. The van der Waals surface area contributed by atoms with Crippen molar-refractivity contribution in [2.45, 2.75) is 19.9 Å². The summed E-state index contributed by atoms with van der Waals surface area (Å²) in [5.41, 5.74) is 0. The predicted octanol–water partition coefficient (Wildman–Crippen LogP) is 2.79. The van der Waals surface area contributed by atoms with E-state index in [-0.39, 0.29) is 0 Å². The van der Waals surface area contributed by atoms with Gasteiger partial charge in [0, 0.05) is 25.2 Å². The molecule has 0 saturated heterocycles. The fraction of sp³-hybridized carbons (Fsp3) is 0.412. The van der Waals surface area contributed by atoms with Crippen molar-refractivity contribution in [3.63, 3.8) is 0 Å². The second-order valence-electron chi connectivity index (χ2n) is 5.06. The number of aliphatic imine (C=N–C) groups is 1. The van der Waals surface area contributed by atoms with E-state index >= 15 is 0 Å². The van der Waals surface area contributed by atoms with E-state index in [1.165, 1.54) is 4.88 Å². The molecule has 0 aliphatic rings. The van der Waals surface area contributed by atoms with Gasteiger partial charge in [-0.3, -0.25) is 4.99 Å². The van der Waals surface area contributed by atoms with Gasteiger partial charge in [0.05, 0.1) is 13.1 Å². The number of ether oxygens (including phenoxy) is 1. The van der Waals surface area contributed by atoms with Gasteiger partial charge < -0.3 is 15.0 Å². The molecule has 23 heavy (non-hydrogen) atoms. The van der Waals surface area contributed by atoms with Crippen LogP contribution in [0.15, 0.2) is 41.5 Å². The summed E-state index contributed by atoms with van der Waals surface area (Å²) in [6, 6.07) is 9.84. The van der Waals surface area contributed by atoms with Crippen molar-refractivity contribution >= 4 is 17.3 Å². The largest absolute Gasteiger partial charge is 0.492 e. The zero-order valence-corrected chi connectivity index (χ0v) is 14.8. The lowest BCUT2D eigenvalue weighted by molar-refractivity contribution is 0.281. The van der Waals surface area contributed by atoms with E-state index in [1.807, 2.05) is 43.6 Å². The molecule has 0 amide bonds. The molecule has 1 heterocycles. The van der Waals surface area contributed by atoms with E-state index < -0.39 is 0 Å². The zero-order chi connectivity index (χ0) is 16.5. The van der Waals surface area contributed by atoms with E-state index in [0.29, 0.717) is 13.2 Å². The molecule has 0 aliphatic heterocycles. The Morgan fingerprint density at radius 1 is 1.35 bits per heavy atom. The lowest BCUT2D eigenvalue weighted by Crippen LogP contribution is -2.40. The zero-order valence-electron chi connectivity index (χ0n) is 14.0. The van der Waals surface area contributed by atoms with Gasteiger partial charge in [0.2, 0.25) is 0 Å². The minimum atomic E-state index is 0.610. The van der Waals surface area contributed by atoms with Gasteiger partial charge in [0.1, 0.15) is 17.4 Å². The molecule has 0 unspecified atom stereocenters. The number of hydrogen-bond acceptors (Lipinski definition) is 4. The lowest BCUT2D eigenvalue weighted by atomic mass is 10.3. The van der Waals surface area contributed by atoms with Crippen LogP contribution >= 0.6 is 11.3 Å². The number of likely N-dealkylation sites (N-methyl/N-ethyl adjacent to an activating group) is 1. The van der Waals surface area contributed by atoms with Gasteiger partial charge in [-0.05, 0) is 18.6 Å². The lowest BCUT2D eigenvalue weighted by Gasteiger charge is -2.21. The Morgan fingerprint density at radius 3 is 2.78 bits per heavy atom. The summed E-state index contributed by atoms with van der Waals surface area (Å²) in [4.78, 5) is 12.1. The number of thiazole rings is 1. The molecule has 5 nitrogen and oxygen atoms in total. The highest BCUT2D eigenvalue weighted by Crippen LogP contribution is 2.13. The molecule has 124 valence electrons. The Labute approximate surface area is 142 Å². The van der Waals surface area contributed by atoms with E-state index in [2.05, 4.69) is 27.1 Å². The van der Waals surface area contributed by atoms with Crippen molar-refractivity contribution in [3.05, 3.63) is 46.4 Å². The number of aryl methyl sites for hydroxylation is 1. The second-order valence-corrected chi connectivity index (χ2v) is 6.26. The molecule has 0 aliphatic carbocycles. The first-order valence-electron chi connectivity index (χ1n) is 7.76. The Kier molecular flexibility index (Phi) is 6.87. The molecule has 0 fully saturated rings. The number of rotatable bonds is 7. The number of hydrogen-bond donors (Lipinski definition) is 1. The number of benzene rings is 1. The summed E-state index contributed by atoms with van der Waals surface area (Å²) in [5, 5.41) is 4.42. The number of para-hydroxylation sites is 1. The van der Waals surface area contributed by atoms with Crippen LogP contribution < -0.4 is 10.1 Å². The van der Waals surface area contributed by atoms with Crippen LogP contribution in [-0.4, -0.2) is 43.1 Å². The monoisotopic (exact) mass is 332 g/mol. The first-order chi connectivity index (χ1) is 11.2. The molecular weight excluding hydrogens is 308 g/mol. The highest BCUT2D eigenvalue weighted by molar-refractivity contribution is 7.11. The quantitative estimate of drug-likeness (QED) is 0.626. The molecule has 0 atom stereocenters. The number of aromatic nitrogens is 1. The molecule has 0 radical (unpaired) electrons. The van der Waals surface area contributed by atoms with Crippen LogP contribution in [0.3, 0.4) is 0 Å². The normalized spacial score (nSPS) is 11.3. The first kappa shape index (κ1) is 17.3. The Balaban J connectivity index is 1.76. The third kappa shape index (κ3) is 5.56. The summed E-state index contributed by atoms with van der Waals surface area (Å²) >= 11 is 1.74. The van der Waals surface area contributed by atoms with Crippen LogP contribution in [0.1, 0.15) is 16.8 Å². The second kappa shape index (κ2) is 9.15. The summed E-state index contributed by atoms with van der Waals surface area (Å²) in [5.74, 6) is 1.73. The van der Waals surface area contributed by atoms with Crippen molar-refractivity contribution in [3.8, 4) is 5.75 Å². The maximum absolute atomic E-state index is 5.72. The van der Waals surface area contributed by atoms with Crippen LogP contribution in [0.25, 0.3) is 0 Å². The van der Waals surface area contributed by atoms with Crippen molar-refractivity contribution in [1.29, 1.82) is 0 Å².